The van der Waals surface area contributed by atoms with E-state index in [0.717, 1.165) is 31.0 Å². The zero-order valence-electron chi connectivity index (χ0n) is 8.79. The molecule has 14 heavy (non-hydrogen) atoms. The van der Waals surface area contributed by atoms with Gasteiger partial charge >= 0.3 is 0 Å². The standard InChI is InChI=1S/C10H17N3O/c1-7(2)5-8-12-9(14-13-8)10(6-11)3-4-10/h7H,3-6,11H2,1-2H3. The second-order valence-electron chi connectivity index (χ2n) is 4.60. The van der Waals surface area contributed by atoms with E-state index < -0.39 is 0 Å². The van der Waals surface area contributed by atoms with Gasteiger partial charge in [-0.05, 0) is 18.8 Å². The third kappa shape index (κ3) is 1.66. The van der Waals surface area contributed by atoms with Gasteiger partial charge in [-0.1, -0.05) is 19.0 Å². The molecule has 2 rings (SSSR count). The number of rotatable bonds is 4. The highest BCUT2D eigenvalue weighted by molar-refractivity contribution is 5.16. The fourth-order valence-electron chi connectivity index (χ4n) is 1.57. The average molecular weight is 195 g/mol. The number of nitrogens with two attached hydrogens (primary N) is 1. The summed E-state index contributed by atoms with van der Waals surface area (Å²) in [5.74, 6) is 2.12. The van der Waals surface area contributed by atoms with Crippen LogP contribution in [0.1, 0.15) is 38.4 Å². The highest BCUT2D eigenvalue weighted by Gasteiger charge is 2.48. The third-order valence-electron chi connectivity index (χ3n) is 2.76. The normalized spacial score (nSPS) is 18.9. The van der Waals surface area contributed by atoms with Crippen molar-refractivity contribution < 1.29 is 4.52 Å². The van der Waals surface area contributed by atoms with Crippen LogP contribution in [0.4, 0.5) is 0 Å². The summed E-state index contributed by atoms with van der Waals surface area (Å²) in [6.45, 7) is 4.91. The van der Waals surface area contributed by atoms with Crippen LogP contribution in [0.2, 0.25) is 0 Å². The summed E-state index contributed by atoms with van der Waals surface area (Å²) >= 11 is 0. The molecule has 2 N–H and O–H groups in total. The molecule has 1 saturated carbocycles. The highest BCUT2D eigenvalue weighted by Crippen LogP contribution is 2.46. The molecule has 1 aromatic rings. The Labute approximate surface area is 83.9 Å². The van der Waals surface area contributed by atoms with Gasteiger partial charge in [-0.25, -0.2) is 0 Å². The minimum absolute atomic E-state index is 0.0300. The molecule has 1 aromatic heterocycles. The third-order valence-corrected chi connectivity index (χ3v) is 2.76. The molecule has 0 aliphatic heterocycles. The van der Waals surface area contributed by atoms with Crippen molar-refractivity contribution in [3.05, 3.63) is 11.7 Å². The van der Waals surface area contributed by atoms with Crippen molar-refractivity contribution in [1.82, 2.24) is 10.1 Å². The lowest BCUT2D eigenvalue weighted by molar-refractivity contribution is 0.342. The van der Waals surface area contributed by atoms with E-state index in [1.807, 2.05) is 0 Å². The van der Waals surface area contributed by atoms with Crippen molar-refractivity contribution in [2.45, 2.75) is 38.5 Å². The molecule has 0 amide bonds. The first-order valence-electron chi connectivity index (χ1n) is 5.19. The van der Waals surface area contributed by atoms with E-state index in [0.29, 0.717) is 12.5 Å². The SMILES string of the molecule is CC(C)Cc1noc(C2(CN)CC2)n1. The minimum Gasteiger partial charge on any atom is -0.339 e. The molecule has 1 fully saturated rings. The lowest BCUT2D eigenvalue weighted by Gasteiger charge is -2.03. The summed E-state index contributed by atoms with van der Waals surface area (Å²) in [5.41, 5.74) is 5.71. The summed E-state index contributed by atoms with van der Waals surface area (Å²) in [6, 6.07) is 0. The number of hydrogen-bond donors (Lipinski definition) is 1. The predicted molar refractivity (Wildman–Crippen MR) is 52.8 cm³/mol. The van der Waals surface area contributed by atoms with Crippen molar-refractivity contribution in [3.8, 4) is 0 Å². The Kier molecular flexibility index (Phi) is 2.31. The summed E-state index contributed by atoms with van der Waals surface area (Å²) in [5, 5.41) is 3.97. The van der Waals surface area contributed by atoms with Crippen LogP contribution in [0.25, 0.3) is 0 Å². The van der Waals surface area contributed by atoms with Crippen LogP contribution < -0.4 is 5.73 Å². The smallest absolute Gasteiger partial charge is 0.234 e. The first kappa shape index (κ1) is 9.65. The van der Waals surface area contributed by atoms with E-state index in [4.69, 9.17) is 10.3 Å². The lowest BCUT2D eigenvalue weighted by Crippen LogP contribution is -2.20. The van der Waals surface area contributed by atoms with E-state index in [-0.39, 0.29) is 5.41 Å². The molecule has 0 aromatic carbocycles. The van der Waals surface area contributed by atoms with Crippen LogP contribution in [0, 0.1) is 5.92 Å². The lowest BCUT2D eigenvalue weighted by atomic mass is 10.1. The number of hydrogen-bond acceptors (Lipinski definition) is 4. The van der Waals surface area contributed by atoms with Crippen LogP contribution in [-0.2, 0) is 11.8 Å². The topological polar surface area (TPSA) is 64.9 Å². The van der Waals surface area contributed by atoms with Gasteiger partial charge in [0.1, 0.15) is 0 Å². The minimum atomic E-state index is 0.0300. The van der Waals surface area contributed by atoms with Crippen LogP contribution in [0.5, 0.6) is 0 Å². The summed E-state index contributed by atoms with van der Waals surface area (Å²) in [6.07, 6.45) is 3.06. The van der Waals surface area contributed by atoms with Gasteiger partial charge in [-0.2, -0.15) is 4.98 Å². The van der Waals surface area contributed by atoms with Crippen LogP contribution in [0.3, 0.4) is 0 Å². The Bertz CT molecular complexity index is 315. The molecule has 78 valence electrons. The molecule has 4 heteroatoms. The van der Waals surface area contributed by atoms with Gasteiger partial charge in [0.2, 0.25) is 5.89 Å². The fourth-order valence-corrected chi connectivity index (χ4v) is 1.57. The first-order chi connectivity index (χ1) is 6.66. The van der Waals surface area contributed by atoms with E-state index in [1.165, 1.54) is 0 Å². The Morgan fingerprint density at radius 3 is 2.71 bits per heavy atom. The fraction of sp³-hybridized carbons (Fsp3) is 0.800. The predicted octanol–water partition coefficient (Wildman–Crippen LogP) is 1.26. The molecule has 0 spiro atoms. The van der Waals surface area contributed by atoms with Gasteiger partial charge in [0.15, 0.2) is 5.82 Å². The largest absolute Gasteiger partial charge is 0.339 e. The van der Waals surface area contributed by atoms with Gasteiger partial charge in [-0.15, -0.1) is 0 Å². The summed E-state index contributed by atoms with van der Waals surface area (Å²) in [4.78, 5) is 4.40. The molecule has 0 saturated heterocycles. The maximum atomic E-state index is 5.68. The zero-order valence-corrected chi connectivity index (χ0v) is 8.79. The molecular formula is C10H17N3O. The maximum Gasteiger partial charge on any atom is 0.234 e. The molecule has 1 aliphatic carbocycles. The summed E-state index contributed by atoms with van der Waals surface area (Å²) < 4.78 is 5.24. The van der Waals surface area contributed by atoms with Crippen molar-refractivity contribution in [1.29, 1.82) is 0 Å². The number of aromatic nitrogens is 2. The first-order valence-corrected chi connectivity index (χ1v) is 5.19. The van der Waals surface area contributed by atoms with Crippen LogP contribution in [-0.4, -0.2) is 16.7 Å². The van der Waals surface area contributed by atoms with Crippen molar-refractivity contribution in [3.63, 3.8) is 0 Å². The van der Waals surface area contributed by atoms with E-state index in [2.05, 4.69) is 24.0 Å². The second-order valence-corrected chi connectivity index (χ2v) is 4.60. The van der Waals surface area contributed by atoms with Gasteiger partial charge < -0.3 is 10.3 Å². The van der Waals surface area contributed by atoms with Crippen molar-refractivity contribution in [2.24, 2.45) is 11.7 Å². The Balaban J connectivity index is 2.10. The van der Waals surface area contributed by atoms with Gasteiger partial charge in [0.05, 0.1) is 5.41 Å². The molecule has 1 heterocycles. The Hall–Kier alpha value is -0.900. The van der Waals surface area contributed by atoms with E-state index in [9.17, 15) is 0 Å². The quantitative estimate of drug-likeness (QED) is 0.785. The van der Waals surface area contributed by atoms with Gasteiger partial charge in [-0.3, -0.25) is 0 Å². The molecule has 4 nitrogen and oxygen atoms in total. The molecule has 0 bridgehead atoms. The Morgan fingerprint density at radius 2 is 2.21 bits per heavy atom. The monoisotopic (exact) mass is 195 g/mol. The molecule has 0 unspecified atom stereocenters. The zero-order chi connectivity index (χ0) is 10.2. The van der Waals surface area contributed by atoms with Crippen LogP contribution >= 0.6 is 0 Å². The number of nitrogens with zero attached hydrogens (tertiary/aromatic N) is 2. The maximum absolute atomic E-state index is 5.68. The van der Waals surface area contributed by atoms with Crippen molar-refractivity contribution >= 4 is 0 Å². The molecule has 0 atom stereocenters. The molecule has 0 radical (unpaired) electrons. The van der Waals surface area contributed by atoms with Crippen molar-refractivity contribution in [2.75, 3.05) is 6.54 Å². The van der Waals surface area contributed by atoms with Gasteiger partial charge in [0.25, 0.3) is 0 Å². The highest BCUT2D eigenvalue weighted by atomic mass is 16.5. The van der Waals surface area contributed by atoms with Crippen LogP contribution in [0.15, 0.2) is 4.52 Å². The second kappa shape index (κ2) is 3.35. The van der Waals surface area contributed by atoms with E-state index >= 15 is 0 Å². The van der Waals surface area contributed by atoms with Gasteiger partial charge in [0, 0.05) is 13.0 Å². The molecular weight excluding hydrogens is 178 g/mol. The average Bonchev–Trinajstić information content (AvgIpc) is 2.81. The Morgan fingerprint density at radius 1 is 1.50 bits per heavy atom. The van der Waals surface area contributed by atoms with E-state index in [1.54, 1.807) is 0 Å². The molecule has 1 aliphatic rings. The summed E-state index contributed by atoms with van der Waals surface area (Å²) in [7, 11) is 0.